The summed E-state index contributed by atoms with van der Waals surface area (Å²) < 4.78 is 11.3. The summed E-state index contributed by atoms with van der Waals surface area (Å²) in [5.74, 6) is 0.297. The molecule has 8 heteroatoms. The number of carbonyl (C=O) groups is 3. The molecule has 0 saturated heterocycles. The molecule has 0 aliphatic carbocycles. The molecule has 1 unspecified atom stereocenters. The number of carbonyl (C=O) groups excluding carboxylic acids is 3. The van der Waals surface area contributed by atoms with Gasteiger partial charge in [0, 0.05) is 18.7 Å². The smallest absolute Gasteiger partial charge is 0.265 e. The Labute approximate surface area is 194 Å². The Kier molecular flexibility index (Phi) is 7.71. The number of anilines is 1. The summed E-state index contributed by atoms with van der Waals surface area (Å²) in [6, 6.07) is 9.93. The van der Waals surface area contributed by atoms with Crippen LogP contribution in [0.1, 0.15) is 28.4 Å². The van der Waals surface area contributed by atoms with Gasteiger partial charge in [-0.3, -0.25) is 19.3 Å². The molecule has 1 N–H and O–H groups in total. The highest BCUT2D eigenvalue weighted by atomic mass is 16.5. The number of nitrogens with zero attached hydrogens (tertiary/aromatic N) is 2. The van der Waals surface area contributed by atoms with Crippen LogP contribution in [0.2, 0.25) is 0 Å². The Balaban J connectivity index is 1.77. The van der Waals surface area contributed by atoms with Gasteiger partial charge >= 0.3 is 0 Å². The van der Waals surface area contributed by atoms with E-state index in [0.717, 1.165) is 11.1 Å². The van der Waals surface area contributed by atoms with Crippen molar-refractivity contribution >= 4 is 23.3 Å². The molecule has 0 fully saturated rings. The normalized spacial score (nSPS) is 13.9. The zero-order chi connectivity index (χ0) is 24.1. The molecule has 0 saturated carbocycles. The van der Waals surface area contributed by atoms with Crippen molar-refractivity contribution in [1.82, 2.24) is 10.2 Å². The summed E-state index contributed by atoms with van der Waals surface area (Å²) in [6.07, 6.45) is 0. The largest absolute Gasteiger partial charge is 0.485 e. The van der Waals surface area contributed by atoms with Crippen LogP contribution >= 0.6 is 0 Å². The van der Waals surface area contributed by atoms with Gasteiger partial charge in [0.1, 0.15) is 17.5 Å². The standard InChI is InChI=1S/C25H31N3O5/c1-16-7-6-8-17(2)24(16)33-14-21(29)19-9-10-22-20(13-19)28(23(30)15-32-22)18(3)25(31)26-11-12-27(4)5/h6-10,13,18H,11-12,14-15H2,1-5H3,(H,26,31). The topological polar surface area (TPSA) is 88.2 Å². The molecular weight excluding hydrogens is 422 g/mol. The zero-order valence-electron chi connectivity index (χ0n) is 19.8. The van der Waals surface area contributed by atoms with E-state index in [1.165, 1.54) is 4.90 Å². The molecule has 2 aromatic rings. The minimum Gasteiger partial charge on any atom is -0.485 e. The number of aryl methyl sites for hydroxylation is 2. The molecule has 1 aliphatic heterocycles. The lowest BCUT2D eigenvalue weighted by Crippen LogP contribution is -2.52. The second kappa shape index (κ2) is 10.5. The van der Waals surface area contributed by atoms with Crippen LogP contribution < -0.4 is 19.7 Å². The number of fused-ring (bicyclic) bond motifs is 1. The molecule has 0 spiro atoms. The molecule has 0 bridgehead atoms. The van der Waals surface area contributed by atoms with E-state index in [2.05, 4.69) is 5.32 Å². The number of hydrogen-bond acceptors (Lipinski definition) is 6. The third kappa shape index (κ3) is 5.70. The van der Waals surface area contributed by atoms with Crippen molar-refractivity contribution < 1.29 is 23.9 Å². The Bertz CT molecular complexity index is 1030. The molecule has 176 valence electrons. The number of likely N-dealkylation sites (N-methyl/N-ethyl adjacent to an activating group) is 1. The molecule has 2 aromatic carbocycles. The fourth-order valence-corrected chi connectivity index (χ4v) is 3.68. The number of ketones is 1. The second-order valence-electron chi connectivity index (χ2n) is 8.44. The van der Waals surface area contributed by atoms with E-state index in [1.807, 2.05) is 51.0 Å². The highest BCUT2D eigenvalue weighted by molar-refractivity contribution is 6.05. The number of ether oxygens (including phenoxy) is 2. The highest BCUT2D eigenvalue weighted by Gasteiger charge is 2.33. The SMILES string of the molecule is Cc1cccc(C)c1OCC(=O)c1ccc2c(c1)N(C(C)C(=O)NCCN(C)C)C(=O)CO2. The summed E-state index contributed by atoms with van der Waals surface area (Å²) in [6.45, 7) is 6.37. The van der Waals surface area contributed by atoms with Gasteiger partial charge in [-0.05, 0) is 64.2 Å². The highest BCUT2D eigenvalue weighted by Crippen LogP contribution is 2.34. The van der Waals surface area contributed by atoms with Crippen LogP contribution in [0.4, 0.5) is 5.69 Å². The maximum Gasteiger partial charge on any atom is 0.265 e. The van der Waals surface area contributed by atoms with Gasteiger partial charge in [0.05, 0.1) is 5.69 Å². The van der Waals surface area contributed by atoms with E-state index < -0.39 is 6.04 Å². The first kappa shape index (κ1) is 24.3. The van der Waals surface area contributed by atoms with Gasteiger partial charge < -0.3 is 19.7 Å². The van der Waals surface area contributed by atoms with Crippen LogP contribution in [0.5, 0.6) is 11.5 Å². The van der Waals surface area contributed by atoms with Gasteiger partial charge in [0.2, 0.25) is 5.91 Å². The molecule has 3 rings (SSSR count). The van der Waals surface area contributed by atoms with Crippen LogP contribution in [-0.4, -0.2) is 68.9 Å². The van der Waals surface area contributed by atoms with Crippen molar-refractivity contribution in [3.05, 3.63) is 53.1 Å². The molecule has 1 heterocycles. The minimum absolute atomic E-state index is 0.139. The van der Waals surface area contributed by atoms with E-state index in [0.29, 0.717) is 35.8 Å². The minimum atomic E-state index is -0.751. The van der Waals surface area contributed by atoms with Gasteiger partial charge in [-0.1, -0.05) is 18.2 Å². The predicted octanol–water partition coefficient (Wildman–Crippen LogP) is 2.36. The lowest BCUT2D eigenvalue weighted by Gasteiger charge is -2.33. The number of amides is 2. The van der Waals surface area contributed by atoms with E-state index in [-0.39, 0.29) is 30.8 Å². The van der Waals surface area contributed by atoms with Gasteiger partial charge in [-0.25, -0.2) is 0 Å². The van der Waals surface area contributed by atoms with Crippen molar-refractivity contribution in [1.29, 1.82) is 0 Å². The van der Waals surface area contributed by atoms with Crippen LogP contribution in [-0.2, 0) is 9.59 Å². The number of hydrogen-bond donors (Lipinski definition) is 1. The van der Waals surface area contributed by atoms with E-state index in [1.54, 1.807) is 25.1 Å². The summed E-state index contributed by atoms with van der Waals surface area (Å²) in [4.78, 5) is 41.5. The number of nitrogens with one attached hydrogen (secondary N) is 1. The summed E-state index contributed by atoms with van der Waals surface area (Å²) in [5, 5.41) is 2.85. The first-order valence-electron chi connectivity index (χ1n) is 10.9. The quantitative estimate of drug-likeness (QED) is 0.587. The molecule has 1 aliphatic rings. The molecule has 0 aromatic heterocycles. The monoisotopic (exact) mass is 453 g/mol. The average Bonchev–Trinajstić information content (AvgIpc) is 2.77. The van der Waals surface area contributed by atoms with Crippen LogP contribution in [0.3, 0.4) is 0 Å². The second-order valence-corrected chi connectivity index (χ2v) is 8.44. The first-order chi connectivity index (χ1) is 15.7. The van der Waals surface area contributed by atoms with Gasteiger partial charge in [-0.2, -0.15) is 0 Å². The Morgan fingerprint density at radius 3 is 2.55 bits per heavy atom. The van der Waals surface area contributed by atoms with Crippen LogP contribution in [0, 0.1) is 13.8 Å². The molecule has 33 heavy (non-hydrogen) atoms. The van der Waals surface area contributed by atoms with Crippen LogP contribution in [0.25, 0.3) is 0 Å². The van der Waals surface area contributed by atoms with Gasteiger partial charge in [0.25, 0.3) is 5.91 Å². The lowest BCUT2D eigenvalue weighted by atomic mass is 10.1. The van der Waals surface area contributed by atoms with Crippen molar-refractivity contribution in [3.63, 3.8) is 0 Å². The van der Waals surface area contributed by atoms with Crippen molar-refractivity contribution in [2.75, 3.05) is 45.3 Å². The number of benzene rings is 2. The van der Waals surface area contributed by atoms with E-state index in [9.17, 15) is 14.4 Å². The molecule has 2 amide bonds. The van der Waals surface area contributed by atoms with Gasteiger partial charge in [-0.15, -0.1) is 0 Å². The third-order valence-electron chi connectivity index (χ3n) is 5.54. The molecule has 8 nitrogen and oxygen atoms in total. The molecular formula is C25H31N3O5. The summed E-state index contributed by atoms with van der Waals surface area (Å²) in [5.41, 5.74) is 2.68. The zero-order valence-corrected chi connectivity index (χ0v) is 19.8. The Morgan fingerprint density at radius 1 is 1.18 bits per heavy atom. The van der Waals surface area contributed by atoms with Crippen LogP contribution in [0.15, 0.2) is 36.4 Å². The van der Waals surface area contributed by atoms with Crippen molar-refractivity contribution in [2.45, 2.75) is 26.8 Å². The maximum absolute atomic E-state index is 12.9. The third-order valence-corrected chi connectivity index (χ3v) is 5.54. The molecule has 1 atom stereocenters. The summed E-state index contributed by atoms with van der Waals surface area (Å²) in [7, 11) is 3.83. The van der Waals surface area contributed by atoms with Gasteiger partial charge in [0.15, 0.2) is 19.0 Å². The van der Waals surface area contributed by atoms with Crippen molar-refractivity contribution in [3.8, 4) is 11.5 Å². The number of Topliss-reactive ketones (excluding diaryl/α,β-unsaturated/α-hetero) is 1. The van der Waals surface area contributed by atoms with Crippen molar-refractivity contribution in [2.24, 2.45) is 0 Å². The fourth-order valence-electron chi connectivity index (χ4n) is 3.68. The molecule has 0 radical (unpaired) electrons. The van der Waals surface area contributed by atoms with E-state index in [4.69, 9.17) is 9.47 Å². The maximum atomic E-state index is 12.9. The number of rotatable bonds is 9. The fraction of sp³-hybridized carbons (Fsp3) is 0.400. The average molecular weight is 454 g/mol. The Morgan fingerprint density at radius 2 is 1.88 bits per heavy atom. The predicted molar refractivity (Wildman–Crippen MR) is 126 cm³/mol. The Hall–Kier alpha value is -3.39. The first-order valence-corrected chi connectivity index (χ1v) is 10.9. The summed E-state index contributed by atoms with van der Waals surface area (Å²) >= 11 is 0. The number of para-hydroxylation sites is 1. The lowest BCUT2D eigenvalue weighted by molar-refractivity contribution is -0.127. The van der Waals surface area contributed by atoms with E-state index >= 15 is 0 Å².